The van der Waals surface area contributed by atoms with Gasteiger partial charge in [-0.15, -0.1) is 0 Å². The van der Waals surface area contributed by atoms with Crippen molar-refractivity contribution in [3.63, 3.8) is 0 Å². The Morgan fingerprint density at radius 2 is 1.44 bits per heavy atom. The zero-order valence-electron chi connectivity index (χ0n) is 16.9. The van der Waals surface area contributed by atoms with Crippen molar-refractivity contribution in [2.45, 2.75) is 45.8 Å². The molecule has 0 heterocycles. The molecule has 0 saturated carbocycles. The minimum absolute atomic E-state index is 0.122. The normalized spacial score (nSPS) is 15.4. The maximum Gasteiger partial charge on any atom is 0.261 e. The molecule has 2 rings (SSSR count). The third-order valence-electron chi connectivity index (χ3n) is 5.11. The van der Waals surface area contributed by atoms with E-state index in [1.807, 2.05) is 26.0 Å². The molecule has 4 heteroatoms. The van der Waals surface area contributed by atoms with Crippen LogP contribution in [0.3, 0.4) is 0 Å². The number of rotatable bonds is 7. The Kier molecular flexibility index (Phi) is 7.15. The molecule has 2 aromatic carbocycles. The second kappa shape index (κ2) is 8.96. The molecule has 0 amide bonds. The first-order valence-corrected chi connectivity index (χ1v) is 11.4. The third-order valence-corrected chi connectivity index (χ3v) is 10.2. The van der Waals surface area contributed by atoms with Gasteiger partial charge in [-0.2, -0.15) is 0 Å². The van der Waals surface area contributed by atoms with E-state index in [1.54, 1.807) is 0 Å². The first-order valence-electron chi connectivity index (χ1n) is 9.48. The molecule has 27 heavy (non-hydrogen) atoms. The molecule has 2 aromatic rings. The largest absolute Gasteiger partial charge is 0.404 e. The molecule has 146 valence electrons. The Morgan fingerprint density at radius 1 is 1.00 bits per heavy atom. The molecular weight excluding hydrogens is 355 g/mol. The fraction of sp³-hybridized carbons (Fsp3) is 0.391. The van der Waals surface area contributed by atoms with Crippen LogP contribution in [0.4, 0.5) is 4.39 Å². The van der Waals surface area contributed by atoms with Crippen molar-refractivity contribution in [1.29, 1.82) is 0 Å². The van der Waals surface area contributed by atoms with Crippen molar-refractivity contribution in [2.75, 3.05) is 6.61 Å². The van der Waals surface area contributed by atoms with E-state index >= 15 is 0 Å². The highest BCUT2D eigenvalue weighted by Crippen LogP contribution is 2.38. The van der Waals surface area contributed by atoms with Crippen molar-refractivity contribution in [3.8, 4) is 0 Å². The molecule has 0 spiro atoms. The Balaban J connectivity index is 2.59. The molecule has 0 aromatic heterocycles. The van der Waals surface area contributed by atoms with Gasteiger partial charge in [-0.3, -0.25) is 0 Å². The molecule has 0 radical (unpaired) electrons. The van der Waals surface area contributed by atoms with Crippen LogP contribution in [0.25, 0.3) is 0 Å². The quantitative estimate of drug-likeness (QED) is 0.713. The zero-order valence-corrected chi connectivity index (χ0v) is 17.9. The van der Waals surface area contributed by atoms with E-state index in [0.29, 0.717) is 0 Å². The number of halogens is 1. The van der Waals surface area contributed by atoms with Crippen LogP contribution in [0.2, 0.25) is 5.04 Å². The Morgan fingerprint density at radius 3 is 1.81 bits per heavy atom. The summed E-state index contributed by atoms with van der Waals surface area (Å²) < 4.78 is 20.6. The summed E-state index contributed by atoms with van der Waals surface area (Å²) in [5.41, 5.74) is 0. The average Bonchev–Trinajstić information content (AvgIpc) is 2.66. The van der Waals surface area contributed by atoms with Gasteiger partial charge in [0.25, 0.3) is 8.32 Å². The Hall–Kier alpha value is -1.75. The lowest BCUT2D eigenvalue weighted by atomic mass is 10.1. The number of hydrogen-bond acceptors (Lipinski definition) is 2. The lowest BCUT2D eigenvalue weighted by molar-refractivity contribution is 0.168. The summed E-state index contributed by atoms with van der Waals surface area (Å²) in [6.07, 6.45) is 1.26. The van der Waals surface area contributed by atoms with Gasteiger partial charge in [-0.05, 0) is 28.4 Å². The molecular formula is C23H31FO2Si. The SMILES string of the molecule is CC(/C=C(/F)CO)C(C)O[Si](c1ccccc1)(c1ccccc1)C(C)(C)C. The molecule has 2 unspecified atom stereocenters. The molecule has 0 bridgehead atoms. The van der Waals surface area contributed by atoms with Crippen molar-refractivity contribution < 1.29 is 13.9 Å². The van der Waals surface area contributed by atoms with Crippen LogP contribution in [0, 0.1) is 5.92 Å². The smallest absolute Gasteiger partial charge is 0.261 e. The molecule has 2 nitrogen and oxygen atoms in total. The van der Waals surface area contributed by atoms with Crippen LogP contribution in [-0.2, 0) is 4.43 Å². The summed E-state index contributed by atoms with van der Waals surface area (Å²) in [5.74, 6) is -0.667. The predicted octanol–water partition coefficient (Wildman–Crippen LogP) is 4.43. The highest BCUT2D eigenvalue weighted by molar-refractivity contribution is 6.99. The lowest BCUT2D eigenvalue weighted by Gasteiger charge is -2.45. The maximum absolute atomic E-state index is 13.6. The van der Waals surface area contributed by atoms with Crippen LogP contribution < -0.4 is 10.4 Å². The summed E-state index contributed by atoms with van der Waals surface area (Å²) in [6.45, 7) is 10.0. The topological polar surface area (TPSA) is 29.5 Å². The second-order valence-corrected chi connectivity index (χ2v) is 12.4. The molecule has 0 aliphatic heterocycles. The van der Waals surface area contributed by atoms with Gasteiger partial charge >= 0.3 is 0 Å². The average molecular weight is 387 g/mol. The highest BCUT2D eigenvalue weighted by atomic mass is 28.4. The lowest BCUT2D eigenvalue weighted by Crippen LogP contribution is -2.67. The molecule has 0 saturated heterocycles. The fourth-order valence-corrected chi connectivity index (χ4v) is 8.34. The molecule has 2 atom stereocenters. The molecule has 0 aliphatic carbocycles. The van der Waals surface area contributed by atoms with Gasteiger partial charge in [0.15, 0.2) is 0 Å². The van der Waals surface area contributed by atoms with Crippen molar-refractivity contribution in [1.82, 2.24) is 0 Å². The van der Waals surface area contributed by atoms with E-state index in [4.69, 9.17) is 9.53 Å². The van der Waals surface area contributed by atoms with Crippen molar-refractivity contribution in [3.05, 3.63) is 72.6 Å². The van der Waals surface area contributed by atoms with Gasteiger partial charge in [0.2, 0.25) is 0 Å². The highest BCUT2D eigenvalue weighted by Gasteiger charge is 2.51. The van der Waals surface area contributed by atoms with Crippen molar-refractivity contribution >= 4 is 18.7 Å². The van der Waals surface area contributed by atoms with E-state index in [0.717, 1.165) is 0 Å². The van der Waals surface area contributed by atoms with Crippen LogP contribution in [0.5, 0.6) is 0 Å². The van der Waals surface area contributed by atoms with E-state index in [2.05, 4.69) is 69.3 Å². The summed E-state index contributed by atoms with van der Waals surface area (Å²) in [4.78, 5) is 0. The summed E-state index contributed by atoms with van der Waals surface area (Å²) in [5, 5.41) is 11.3. The second-order valence-electron chi connectivity index (χ2n) is 8.12. The van der Waals surface area contributed by atoms with E-state index in [1.165, 1.54) is 16.4 Å². The van der Waals surface area contributed by atoms with Gasteiger partial charge < -0.3 is 9.53 Å². The number of benzene rings is 2. The van der Waals surface area contributed by atoms with Crippen LogP contribution in [0.15, 0.2) is 72.6 Å². The number of aliphatic hydroxyl groups excluding tert-OH is 1. The van der Waals surface area contributed by atoms with Gasteiger partial charge in [0, 0.05) is 12.0 Å². The van der Waals surface area contributed by atoms with Crippen LogP contribution >= 0.6 is 0 Å². The summed E-state index contributed by atoms with van der Waals surface area (Å²) >= 11 is 0. The molecule has 0 fully saturated rings. The first kappa shape index (κ1) is 21.5. The van der Waals surface area contributed by atoms with Crippen LogP contribution in [-0.4, -0.2) is 26.1 Å². The summed E-state index contributed by atoms with van der Waals surface area (Å²) in [7, 11) is -2.65. The number of hydrogen-bond donors (Lipinski definition) is 1. The zero-order chi connectivity index (χ0) is 20.1. The predicted molar refractivity (Wildman–Crippen MR) is 114 cm³/mol. The molecule has 0 aliphatic rings. The Bertz CT molecular complexity index is 698. The first-order chi connectivity index (χ1) is 12.7. The van der Waals surface area contributed by atoms with Gasteiger partial charge in [-0.25, -0.2) is 4.39 Å². The Labute approximate surface area is 163 Å². The minimum atomic E-state index is -2.65. The minimum Gasteiger partial charge on any atom is -0.404 e. The van der Waals surface area contributed by atoms with Gasteiger partial charge in [0.1, 0.15) is 5.83 Å². The maximum atomic E-state index is 13.6. The van der Waals surface area contributed by atoms with Crippen LogP contribution in [0.1, 0.15) is 34.6 Å². The van der Waals surface area contributed by atoms with Gasteiger partial charge in [-0.1, -0.05) is 88.4 Å². The monoisotopic (exact) mass is 386 g/mol. The summed E-state index contributed by atoms with van der Waals surface area (Å²) in [6, 6.07) is 20.8. The fourth-order valence-electron chi connectivity index (χ4n) is 3.55. The standard InChI is InChI=1S/C23H31FO2Si/c1-18(16-20(24)17-25)19(2)26-27(23(3,4)5,21-12-8-6-9-13-21)22-14-10-7-11-15-22/h6-16,18-19,25H,17H2,1-5H3/b20-16+. The third kappa shape index (κ3) is 4.75. The number of aliphatic hydroxyl groups is 1. The van der Waals surface area contributed by atoms with E-state index in [9.17, 15) is 4.39 Å². The van der Waals surface area contributed by atoms with Crippen molar-refractivity contribution in [2.24, 2.45) is 5.92 Å². The molecule has 1 N–H and O–H groups in total. The van der Waals surface area contributed by atoms with E-state index < -0.39 is 20.8 Å². The van der Waals surface area contributed by atoms with E-state index in [-0.39, 0.29) is 17.1 Å². The van der Waals surface area contributed by atoms with Gasteiger partial charge in [0.05, 0.1) is 6.61 Å².